The maximum Gasteiger partial charge on any atom is 0.310 e. The van der Waals surface area contributed by atoms with Crippen molar-refractivity contribution in [3.8, 4) is 0 Å². The fraction of sp³-hybridized carbons (Fsp3) is 0.317. The van der Waals surface area contributed by atoms with Crippen LogP contribution < -0.4 is 0 Å². The number of pyridine rings is 2. The van der Waals surface area contributed by atoms with Gasteiger partial charge in [-0.3, -0.25) is 9.59 Å². The Kier molecular flexibility index (Phi) is 12.6. The van der Waals surface area contributed by atoms with Gasteiger partial charge in [0.2, 0.25) is 20.0 Å². The number of nitrogens with zero attached hydrogens (tertiary/aromatic N) is 6. The predicted octanol–water partition coefficient (Wildman–Crippen LogP) is 6.27. The van der Waals surface area contributed by atoms with Crippen molar-refractivity contribution in [2.75, 3.05) is 21.2 Å². The molecule has 0 radical (unpaired) electrons. The fourth-order valence-electron chi connectivity index (χ4n) is 8.10. The molecule has 2 aliphatic rings. The van der Waals surface area contributed by atoms with Crippen LogP contribution >= 0.6 is 23.2 Å². The summed E-state index contributed by atoms with van der Waals surface area (Å²) in [6.45, 7) is 0.674. The van der Waals surface area contributed by atoms with Gasteiger partial charge in [0, 0.05) is 61.4 Å². The number of methoxy groups -OCH3 is 1. The molecule has 14 nitrogen and oxygen atoms in total. The van der Waals surface area contributed by atoms with Crippen LogP contribution in [-0.2, 0) is 73.1 Å². The van der Waals surface area contributed by atoms with E-state index in [1.807, 2.05) is 15.2 Å². The van der Waals surface area contributed by atoms with Crippen LogP contribution in [-0.4, -0.2) is 94.9 Å². The van der Waals surface area contributed by atoms with E-state index in [0.29, 0.717) is 66.2 Å². The first-order valence-electron chi connectivity index (χ1n) is 19.0. The fourth-order valence-corrected chi connectivity index (χ4v) is 11.1. The van der Waals surface area contributed by atoms with Crippen LogP contribution in [0.25, 0.3) is 22.1 Å². The van der Waals surface area contributed by atoms with Gasteiger partial charge in [-0.05, 0) is 110 Å². The van der Waals surface area contributed by atoms with Gasteiger partial charge in [-0.1, -0.05) is 23.2 Å². The highest BCUT2D eigenvalue weighted by Crippen LogP contribution is 2.35. The molecule has 2 aromatic carbocycles. The first kappa shape index (κ1) is 44.1. The van der Waals surface area contributed by atoms with Gasteiger partial charge < -0.3 is 19.0 Å². The molecule has 2 aliphatic heterocycles. The summed E-state index contributed by atoms with van der Waals surface area (Å²) in [4.78, 5) is 32.2. The van der Waals surface area contributed by atoms with Crippen molar-refractivity contribution in [3.63, 3.8) is 0 Å². The Bertz CT molecular complexity index is 2890. The topological polar surface area (TPSA) is 174 Å². The summed E-state index contributed by atoms with van der Waals surface area (Å²) in [5, 5.41) is 11.4. The lowest BCUT2D eigenvalue weighted by molar-refractivity contribution is -0.140. The van der Waals surface area contributed by atoms with E-state index >= 15 is 0 Å². The molecule has 2 unspecified atom stereocenters. The molecule has 0 saturated carbocycles. The van der Waals surface area contributed by atoms with E-state index < -0.39 is 37.7 Å². The van der Waals surface area contributed by atoms with Crippen molar-refractivity contribution in [2.45, 2.75) is 73.5 Å². The number of hydrogen-bond donors (Lipinski definition) is 1. The quantitative estimate of drug-likeness (QED) is 0.122. The van der Waals surface area contributed by atoms with Gasteiger partial charge in [0.25, 0.3) is 0 Å². The first-order valence-corrected chi connectivity index (χ1v) is 22.6. The molecule has 0 fully saturated rings. The molecule has 2 atom stereocenters. The van der Waals surface area contributed by atoms with E-state index in [1.54, 1.807) is 18.2 Å². The Balaban J connectivity index is 0.000000184. The second-order valence-corrected chi connectivity index (χ2v) is 19.5. The second-order valence-electron chi connectivity index (χ2n) is 14.7. The van der Waals surface area contributed by atoms with Gasteiger partial charge in [0.05, 0.1) is 29.7 Å². The highest BCUT2D eigenvalue weighted by atomic mass is 35.5. The van der Waals surface area contributed by atoms with Crippen molar-refractivity contribution < 1.29 is 45.0 Å². The molecule has 6 heterocycles. The molecule has 1 N–H and O–H groups in total. The van der Waals surface area contributed by atoms with Gasteiger partial charge in [0.1, 0.15) is 33.2 Å². The standard InChI is InChI=1S/C21H21ClFN3O4S.C20H19ClFN3O4S/c1-25(31(28,29)15-6-3-13(23)4-7-15)14-5-9-18-17(11-20(27)30-2)16-8-10-19(22)24-21(16)26(18)12-14;1-24(30(28,29)14-5-2-12(22)3-6-14)13-4-8-17-16(10-19(26)27)15-7-9-18(21)23-20(15)25(17)11-13/h3-4,6-8,10,14H,5,9,11-12H2,1-2H3;2-3,5-7,9,13H,4,8,10-11H2,1H3,(H,26,27). The zero-order valence-electron chi connectivity index (χ0n) is 33.1. The molecular formula is C41H40Cl2F2N6O8S2. The maximum atomic E-state index is 13.2. The molecule has 4 aromatic heterocycles. The minimum Gasteiger partial charge on any atom is -0.481 e. The van der Waals surface area contributed by atoms with E-state index in [-0.39, 0.29) is 45.8 Å². The molecule has 20 heteroatoms. The molecule has 61 heavy (non-hydrogen) atoms. The van der Waals surface area contributed by atoms with E-state index in [9.17, 15) is 40.3 Å². The van der Waals surface area contributed by atoms with Crippen molar-refractivity contribution in [1.29, 1.82) is 0 Å². The third-order valence-electron chi connectivity index (χ3n) is 11.3. The third-order valence-corrected chi connectivity index (χ3v) is 15.6. The van der Waals surface area contributed by atoms with Crippen molar-refractivity contribution in [1.82, 2.24) is 27.7 Å². The Morgan fingerprint density at radius 2 is 1.10 bits per heavy atom. The average molecular weight is 918 g/mol. The number of carbonyl (C=O) groups excluding carboxylic acids is 1. The predicted molar refractivity (Wildman–Crippen MR) is 223 cm³/mol. The minimum atomic E-state index is -3.82. The van der Waals surface area contributed by atoms with Crippen LogP contribution in [0, 0.1) is 11.6 Å². The number of carboxylic acids is 1. The molecule has 0 spiro atoms. The highest BCUT2D eigenvalue weighted by Gasteiger charge is 2.35. The van der Waals surface area contributed by atoms with Crippen molar-refractivity contribution >= 4 is 77.3 Å². The average Bonchev–Trinajstić information content (AvgIpc) is 3.70. The SMILES string of the molecule is CN(C1CCc2c(CC(=O)O)c3ccc(Cl)nc3n2C1)S(=O)(=O)c1ccc(F)cc1.COC(=O)Cc1c2n(c3nc(Cl)ccc13)CC(N(C)S(=O)(=O)c1ccc(F)cc1)CC2. The summed E-state index contributed by atoms with van der Waals surface area (Å²) in [5.74, 6) is -2.31. The summed E-state index contributed by atoms with van der Waals surface area (Å²) < 4.78 is 89.8. The number of sulfonamides is 2. The maximum absolute atomic E-state index is 13.2. The smallest absolute Gasteiger partial charge is 0.310 e. The van der Waals surface area contributed by atoms with Crippen LogP contribution in [0.15, 0.2) is 82.6 Å². The van der Waals surface area contributed by atoms with Crippen molar-refractivity contribution in [3.05, 3.63) is 117 Å². The van der Waals surface area contributed by atoms with Gasteiger partial charge >= 0.3 is 11.9 Å². The van der Waals surface area contributed by atoms with E-state index in [4.69, 9.17) is 27.9 Å². The number of ether oxygens (including phenoxy) is 1. The zero-order valence-corrected chi connectivity index (χ0v) is 36.2. The molecule has 8 rings (SSSR count). The van der Waals surface area contributed by atoms with E-state index in [0.717, 1.165) is 46.6 Å². The monoisotopic (exact) mass is 916 g/mol. The van der Waals surface area contributed by atoms with E-state index in [2.05, 4.69) is 9.97 Å². The number of benzene rings is 2. The summed E-state index contributed by atoms with van der Waals surface area (Å²) in [5.41, 5.74) is 4.44. The summed E-state index contributed by atoms with van der Waals surface area (Å²) >= 11 is 12.2. The van der Waals surface area contributed by atoms with Crippen molar-refractivity contribution in [2.24, 2.45) is 0 Å². The molecule has 0 aliphatic carbocycles. The number of aliphatic carboxylic acids is 1. The zero-order chi connectivity index (χ0) is 44.0. The normalized spacial score (nSPS) is 16.6. The second kappa shape index (κ2) is 17.4. The number of likely N-dealkylation sites (N-methyl/N-ethyl adjacent to an activating group) is 2. The van der Waals surface area contributed by atoms with Gasteiger partial charge in [-0.15, -0.1) is 0 Å². The van der Waals surface area contributed by atoms with Crippen LogP contribution in [0.4, 0.5) is 8.78 Å². The number of rotatable bonds is 10. The largest absolute Gasteiger partial charge is 0.481 e. The number of fused-ring (bicyclic) bond motifs is 6. The third kappa shape index (κ3) is 8.74. The van der Waals surface area contributed by atoms with Gasteiger partial charge in [0.15, 0.2) is 0 Å². The molecule has 6 aromatic rings. The Hall–Kier alpha value is -4.98. The summed E-state index contributed by atoms with van der Waals surface area (Å²) in [6, 6.07) is 15.6. The van der Waals surface area contributed by atoms with Gasteiger partial charge in [-0.25, -0.2) is 35.6 Å². The summed E-state index contributed by atoms with van der Waals surface area (Å²) in [7, 11) is -3.26. The van der Waals surface area contributed by atoms with Crippen LogP contribution in [0.2, 0.25) is 10.3 Å². The lowest BCUT2D eigenvalue weighted by atomic mass is 10.0. The summed E-state index contributed by atoms with van der Waals surface area (Å²) in [6.07, 6.45) is 2.12. The number of carboxylic acid groups (broad SMARTS) is 1. The first-order chi connectivity index (χ1) is 28.9. The van der Waals surface area contributed by atoms with Gasteiger partial charge in [-0.2, -0.15) is 8.61 Å². The number of aromatic nitrogens is 4. The van der Waals surface area contributed by atoms with Crippen LogP contribution in [0.5, 0.6) is 0 Å². The Morgan fingerprint density at radius 1 is 0.705 bits per heavy atom. The van der Waals surface area contributed by atoms with Crippen LogP contribution in [0.3, 0.4) is 0 Å². The highest BCUT2D eigenvalue weighted by molar-refractivity contribution is 7.89. The number of esters is 1. The Morgan fingerprint density at radius 3 is 1.48 bits per heavy atom. The molecule has 322 valence electrons. The molecule has 0 bridgehead atoms. The lowest BCUT2D eigenvalue weighted by Gasteiger charge is -2.32. The Labute approximate surface area is 360 Å². The van der Waals surface area contributed by atoms with Crippen LogP contribution in [0.1, 0.15) is 35.4 Å². The lowest BCUT2D eigenvalue weighted by Crippen LogP contribution is -2.42. The molecule has 0 amide bonds. The van der Waals surface area contributed by atoms with E-state index in [1.165, 1.54) is 54.1 Å². The minimum absolute atomic E-state index is 0.0160. The molecule has 0 saturated heterocycles. The number of carbonyl (C=O) groups is 2. The molecular weight excluding hydrogens is 878 g/mol. The number of hydrogen-bond acceptors (Lipinski definition) is 9. The number of halogens is 4.